The molecule has 0 spiro atoms. The van der Waals surface area contributed by atoms with Crippen LogP contribution in [0.1, 0.15) is 85.1 Å². The molecule has 0 bridgehead atoms. The van der Waals surface area contributed by atoms with Crippen molar-refractivity contribution in [2.75, 3.05) is 25.1 Å². The predicted octanol–water partition coefficient (Wildman–Crippen LogP) is -1.08. The minimum atomic E-state index is -1.17. The lowest BCUT2D eigenvalue weighted by atomic mass is 10.0. The number of carboxylic acid groups (broad SMARTS) is 9. The topological polar surface area (TPSA) is 550 Å². The summed E-state index contributed by atoms with van der Waals surface area (Å²) >= 11 is 1.60. The molecule has 1 saturated heterocycles. The molecule has 0 amide bonds. The van der Waals surface area contributed by atoms with E-state index in [1.807, 2.05) is 34.0 Å². The first kappa shape index (κ1) is 74.8. The zero-order valence-corrected chi connectivity index (χ0v) is 40.7. The number of hydrogen-bond acceptors (Lipinski definition) is 19. The molecule has 8 atom stereocenters. The van der Waals surface area contributed by atoms with Crippen molar-refractivity contribution in [3.05, 3.63) is 29.8 Å². The molecule has 1 aromatic carbocycles. The Bertz CT molecular complexity index is 1600. The Morgan fingerprint density at radius 3 is 1.30 bits per heavy atom. The fraction of sp³-hybridized carbons (Fsp3) is 0.634. The number of phenolic OH excluding ortho intramolecular Hbond substituents is 1. The van der Waals surface area contributed by atoms with Crippen LogP contribution in [-0.2, 0) is 49.6 Å². The summed E-state index contributed by atoms with van der Waals surface area (Å²) < 4.78 is 0. The summed E-state index contributed by atoms with van der Waals surface area (Å²) in [5.74, 6) is -7.20. The van der Waals surface area contributed by atoms with E-state index in [2.05, 4.69) is 11.1 Å². The van der Waals surface area contributed by atoms with Gasteiger partial charge in [-0.25, -0.2) is 0 Å². The van der Waals surface area contributed by atoms with Crippen LogP contribution in [-0.4, -0.2) is 172 Å². The average molecular weight is 1020 g/mol. The Morgan fingerprint density at radius 2 is 1.07 bits per heavy atom. The molecule has 1 aliphatic heterocycles. The number of thioether (sulfide) groups is 1. The number of carbonyl (C=O) groups is 9. The van der Waals surface area contributed by atoms with Crippen molar-refractivity contribution >= 4 is 65.5 Å². The molecule has 1 fully saturated rings. The van der Waals surface area contributed by atoms with Crippen LogP contribution in [0.3, 0.4) is 0 Å². The van der Waals surface area contributed by atoms with Crippen molar-refractivity contribution in [1.29, 1.82) is 0 Å². The van der Waals surface area contributed by atoms with Crippen molar-refractivity contribution in [2.24, 2.45) is 52.0 Å². The lowest BCUT2D eigenvalue weighted by Crippen LogP contribution is -2.36. The molecule has 0 radical (unpaired) electrons. The molecule has 25 N–H and O–H groups in total. The standard InChI is InChI=1S/C9H11NO3.2C6H13NO2.C5H9NO4.C5H11NO2S.C5H9NO2.C3H7NO2.C2H5NO2/c10-8(9(12)13)5-6-1-3-7(11)4-2-6;1-4(2)3-5(7)6(8)9;1-3-4(2)5(7)6(8)9;6-3(5(9)10)1-2-4(7)8;1-9-3-2-4(6)5(7)8;7-5(8)4-2-1-3-6-4;1-2(4)3(5)6;3-1-2(4)5/h1-4,8,11H,5,10H2,(H,12,13);2*4-5H,3,7H2,1-2H3,(H,8,9);3H,1-2,6H2,(H,7,8)(H,9,10);4H,2-3,6H2,1H3,(H,7,8);4,6H,1-3H2,(H,7,8);2H,4H2,1H3,(H,5,6);1,3H2,(H,4,5)/t;;;;;4-;;/m.....0../s1. The van der Waals surface area contributed by atoms with E-state index >= 15 is 0 Å². The van der Waals surface area contributed by atoms with Crippen molar-refractivity contribution in [1.82, 2.24) is 5.32 Å². The van der Waals surface area contributed by atoms with Gasteiger partial charge in [-0.05, 0) is 93.5 Å². The zero-order chi connectivity index (χ0) is 55.6. The SMILES string of the molecule is CC(C)CC(N)C(=O)O.CC(N)C(=O)O.CCC(C)C(N)C(=O)O.CSCCC(N)C(=O)O.NC(CCC(=O)O)C(=O)O.NC(Cc1ccc(O)cc1)C(=O)O.NCC(=O)O.O=C(O)[C@@H]1CCCN1. The summed E-state index contributed by atoms with van der Waals surface area (Å²) in [7, 11) is 0. The van der Waals surface area contributed by atoms with Crippen LogP contribution in [0.5, 0.6) is 5.75 Å². The van der Waals surface area contributed by atoms with Gasteiger partial charge < -0.3 is 96.5 Å². The number of aromatic hydroxyl groups is 1. The predicted molar refractivity (Wildman–Crippen MR) is 255 cm³/mol. The monoisotopic (exact) mass is 1020 g/mol. The minimum Gasteiger partial charge on any atom is -0.508 e. The molecule has 1 heterocycles. The number of rotatable bonds is 20. The number of carboxylic acids is 9. The normalized spacial score (nSPS) is 14.8. The van der Waals surface area contributed by atoms with Gasteiger partial charge in [0, 0.05) is 6.42 Å². The molecule has 7 unspecified atom stereocenters. The molecular weight excluding hydrogens is 941 g/mol. The molecule has 1 aromatic rings. The molecule has 0 aromatic heterocycles. The molecule has 2 rings (SSSR count). The number of benzene rings is 1. The van der Waals surface area contributed by atoms with Gasteiger partial charge in [-0.1, -0.05) is 46.2 Å². The second-order valence-corrected chi connectivity index (χ2v) is 15.9. The van der Waals surface area contributed by atoms with Crippen molar-refractivity contribution in [2.45, 2.75) is 128 Å². The summed E-state index contributed by atoms with van der Waals surface area (Å²) in [5, 5.41) is 85.4. The van der Waals surface area contributed by atoms with E-state index in [0.717, 1.165) is 37.1 Å². The fourth-order valence-electron chi connectivity index (χ4n) is 3.75. The van der Waals surface area contributed by atoms with Gasteiger partial charge in [0.25, 0.3) is 0 Å². The maximum Gasteiger partial charge on any atom is 0.320 e. The Hall–Kier alpha value is -5.72. The van der Waals surface area contributed by atoms with Gasteiger partial charge in [0.1, 0.15) is 48.0 Å². The van der Waals surface area contributed by atoms with Crippen LogP contribution in [0.2, 0.25) is 0 Å². The minimum absolute atomic E-state index is 0.0231. The van der Waals surface area contributed by atoms with Crippen LogP contribution < -0.4 is 45.5 Å². The molecule has 69 heavy (non-hydrogen) atoms. The smallest absolute Gasteiger partial charge is 0.320 e. The van der Waals surface area contributed by atoms with Gasteiger partial charge >= 0.3 is 53.7 Å². The summed E-state index contributed by atoms with van der Waals surface area (Å²) in [5.41, 5.74) is 36.2. The third-order valence-corrected chi connectivity index (χ3v) is 8.80. The largest absolute Gasteiger partial charge is 0.508 e. The van der Waals surface area contributed by atoms with Crippen molar-refractivity contribution < 1.29 is 94.2 Å². The third kappa shape index (κ3) is 54.8. The van der Waals surface area contributed by atoms with Crippen LogP contribution >= 0.6 is 11.8 Å². The molecular formula is C41H78N8O19S. The van der Waals surface area contributed by atoms with Gasteiger partial charge in [-0.3, -0.25) is 43.2 Å². The molecule has 0 aliphatic carbocycles. The Balaban J connectivity index is -0.000000167. The highest BCUT2D eigenvalue weighted by molar-refractivity contribution is 7.98. The fourth-order valence-corrected chi connectivity index (χ4v) is 4.23. The van der Waals surface area contributed by atoms with E-state index in [1.54, 1.807) is 23.9 Å². The highest BCUT2D eigenvalue weighted by atomic mass is 32.2. The lowest BCUT2D eigenvalue weighted by Gasteiger charge is -2.11. The summed E-state index contributed by atoms with van der Waals surface area (Å²) in [6.07, 6.45) is 5.67. The van der Waals surface area contributed by atoms with E-state index in [9.17, 15) is 43.2 Å². The second-order valence-electron chi connectivity index (χ2n) is 15.0. The molecule has 28 heteroatoms. The van der Waals surface area contributed by atoms with Gasteiger partial charge in [-0.15, -0.1) is 0 Å². The summed E-state index contributed by atoms with van der Waals surface area (Å²) in [4.78, 5) is 89.6. The van der Waals surface area contributed by atoms with Gasteiger partial charge in [0.2, 0.25) is 0 Å². The average Bonchev–Trinajstić information content (AvgIpc) is 3.82. The maximum absolute atomic E-state index is 10.4. The van der Waals surface area contributed by atoms with Crippen LogP contribution in [0.4, 0.5) is 0 Å². The van der Waals surface area contributed by atoms with Crippen molar-refractivity contribution in [3.63, 3.8) is 0 Å². The number of hydrogen-bond donors (Lipinski definition) is 18. The zero-order valence-electron chi connectivity index (χ0n) is 39.9. The lowest BCUT2D eigenvalue weighted by molar-refractivity contribution is -0.141. The first-order valence-corrected chi connectivity index (χ1v) is 22.3. The quantitative estimate of drug-likeness (QED) is 0.0739. The van der Waals surface area contributed by atoms with E-state index in [0.29, 0.717) is 18.8 Å². The molecule has 402 valence electrons. The van der Waals surface area contributed by atoms with Gasteiger partial charge in [0.15, 0.2) is 0 Å². The Kier molecular flexibility index (Phi) is 49.9. The van der Waals surface area contributed by atoms with Crippen LogP contribution in [0, 0.1) is 11.8 Å². The highest BCUT2D eigenvalue weighted by Crippen LogP contribution is 2.11. The summed E-state index contributed by atoms with van der Waals surface area (Å²) in [6, 6.07) is 1.29. The molecule has 27 nitrogen and oxygen atoms in total. The number of nitrogens with one attached hydrogen (secondary N) is 1. The maximum atomic E-state index is 10.4. The van der Waals surface area contributed by atoms with E-state index in [1.165, 1.54) is 19.1 Å². The van der Waals surface area contributed by atoms with Gasteiger partial charge in [-0.2, -0.15) is 11.8 Å². The van der Waals surface area contributed by atoms with Crippen molar-refractivity contribution in [3.8, 4) is 5.75 Å². The van der Waals surface area contributed by atoms with Gasteiger partial charge in [0.05, 0.1) is 6.54 Å². The number of phenols is 1. The third-order valence-electron chi connectivity index (χ3n) is 8.15. The van der Waals surface area contributed by atoms with E-state index < -0.39 is 90.0 Å². The first-order valence-electron chi connectivity index (χ1n) is 20.9. The first-order chi connectivity index (χ1) is 31.7. The van der Waals surface area contributed by atoms with E-state index in [-0.39, 0.29) is 43.5 Å². The molecule has 0 saturated carbocycles. The Labute approximate surface area is 405 Å². The number of nitrogens with two attached hydrogens (primary N) is 7. The molecule has 1 aliphatic rings. The number of aliphatic carboxylic acids is 9. The van der Waals surface area contributed by atoms with Crippen LogP contribution in [0.25, 0.3) is 0 Å². The second kappa shape index (κ2) is 46.0. The highest BCUT2D eigenvalue weighted by Gasteiger charge is 2.20. The van der Waals surface area contributed by atoms with Crippen LogP contribution in [0.15, 0.2) is 24.3 Å². The van der Waals surface area contributed by atoms with E-state index in [4.69, 9.17) is 85.5 Å². The Morgan fingerprint density at radius 1 is 0.652 bits per heavy atom. The summed E-state index contributed by atoms with van der Waals surface area (Å²) in [6.45, 7) is 9.65.